The van der Waals surface area contributed by atoms with Gasteiger partial charge in [-0.05, 0) is 22.9 Å². The lowest BCUT2D eigenvalue weighted by Gasteiger charge is -2.04. The zero-order chi connectivity index (χ0) is 12.7. The van der Waals surface area contributed by atoms with E-state index in [1.54, 1.807) is 0 Å². The minimum absolute atomic E-state index is 0.131. The highest BCUT2D eigenvalue weighted by Gasteiger charge is 2.17. The van der Waals surface area contributed by atoms with Gasteiger partial charge >= 0.3 is 0 Å². The number of pyridine rings is 1. The van der Waals surface area contributed by atoms with Crippen LogP contribution < -0.4 is 5.43 Å². The predicted molar refractivity (Wildman–Crippen MR) is 62.2 cm³/mol. The zero-order valence-electron chi connectivity index (χ0n) is 8.61. The first kappa shape index (κ1) is 11.9. The maximum Gasteiger partial charge on any atom is 0.201 e. The van der Waals surface area contributed by atoms with E-state index in [2.05, 4.69) is 20.9 Å². The van der Waals surface area contributed by atoms with Crippen LogP contribution >= 0.6 is 15.9 Å². The average molecular weight is 302 g/mol. The third kappa shape index (κ3) is 1.78. The summed E-state index contributed by atoms with van der Waals surface area (Å²) in [6.45, 7) is 1.21. The molecule has 0 aliphatic carbocycles. The molecule has 0 fully saturated rings. The molecular weight excluding hydrogens is 296 g/mol. The molecule has 0 saturated heterocycles. The Kier molecular flexibility index (Phi) is 2.82. The minimum atomic E-state index is -0.888. The number of benzene rings is 1. The van der Waals surface area contributed by atoms with E-state index in [1.165, 1.54) is 6.92 Å². The SMILES string of the molecule is CC(=O)c1c[nH]c2c(F)cc(F)c(Br)c2c1=O. The summed E-state index contributed by atoms with van der Waals surface area (Å²) in [7, 11) is 0. The molecule has 1 aromatic carbocycles. The molecule has 1 N–H and O–H groups in total. The van der Waals surface area contributed by atoms with E-state index >= 15 is 0 Å². The molecule has 0 aliphatic heterocycles. The van der Waals surface area contributed by atoms with Crippen molar-refractivity contribution < 1.29 is 13.6 Å². The number of hydrogen-bond acceptors (Lipinski definition) is 2. The van der Waals surface area contributed by atoms with E-state index < -0.39 is 22.8 Å². The number of aromatic amines is 1. The highest BCUT2D eigenvalue weighted by molar-refractivity contribution is 9.10. The van der Waals surface area contributed by atoms with Gasteiger partial charge in [0.25, 0.3) is 0 Å². The van der Waals surface area contributed by atoms with Gasteiger partial charge < -0.3 is 4.98 Å². The first-order chi connectivity index (χ1) is 7.93. The van der Waals surface area contributed by atoms with Crippen LogP contribution in [0.1, 0.15) is 17.3 Å². The minimum Gasteiger partial charge on any atom is -0.358 e. The van der Waals surface area contributed by atoms with E-state index in [4.69, 9.17) is 0 Å². The molecule has 0 spiro atoms. The van der Waals surface area contributed by atoms with Crippen molar-refractivity contribution in [1.29, 1.82) is 0 Å². The van der Waals surface area contributed by atoms with Gasteiger partial charge in [0.15, 0.2) is 5.78 Å². The van der Waals surface area contributed by atoms with Gasteiger partial charge in [0.2, 0.25) is 5.43 Å². The number of hydrogen-bond donors (Lipinski definition) is 1. The summed E-state index contributed by atoms with van der Waals surface area (Å²) in [6.07, 6.45) is 1.13. The zero-order valence-corrected chi connectivity index (χ0v) is 10.2. The molecule has 88 valence electrons. The molecule has 0 saturated carbocycles. The Hall–Kier alpha value is -1.56. The summed E-state index contributed by atoms with van der Waals surface area (Å²) in [5.74, 6) is -2.24. The number of H-pyrrole nitrogens is 1. The first-order valence-corrected chi connectivity index (χ1v) is 5.42. The Bertz CT molecular complexity index is 694. The van der Waals surface area contributed by atoms with Gasteiger partial charge in [-0.2, -0.15) is 0 Å². The number of nitrogens with one attached hydrogen (secondary N) is 1. The molecule has 3 nitrogen and oxygen atoms in total. The summed E-state index contributed by atoms with van der Waals surface area (Å²) in [5.41, 5.74) is -0.965. The fourth-order valence-corrected chi connectivity index (χ4v) is 2.05. The lowest BCUT2D eigenvalue weighted by Crippen LogP contribution is -2.15. The van der Waals surface area contributed by atoms with Crippen molar-refractivity contribution in [3.8, 4) is 0 Å². The Morgan fingerprint density at radius 2 is 2.00 bits per heavy atom. The van der Waals surface area contributed by atoms with Gasteiger partial charge in [0.1, 0.15) is 11.6 Å². The largest absolute Gasteiger partial charge is 0.358 e. The number of rotatable bonds is 1. The predicted octanol–water partition coefficient (Wildman–Crippen LogP) is 2.77. The lowest BCUT2D eigenvalue weighted by molar-refractivity contribution is 0.101. The van der Waals surface area contributed by atoms with E-state index in [1.807, 2.05) is 0 Å². The standard InChI is InChI=1S/C11H6BrF2NO2/c1-4(16)5-3-15-10-7(14)2-6(13)9(12)8(10)11(5)17/h2-3H,1H3,(H,15,17). The van der Waals surface area contributed by atoms with Gasteiger partial charge in [-0.25, -0.2) is 8.78 Å². The average Bonchev–Trinajstić information content (AvgIpc) is 2.25. The number of ketones is 1. The van der Waals surface area contributed by atoms with Crippen LogP contribution in [0.3, 0.4) is 0 Å². The van der Waals surface area contributed by atoms with E-state index in [0.717, 1.165) is 6.20 Å². The maximum absolute atomic E-state index is 13.4. The normalized spacial score (nSPS) is 10.8. The molecule has 6 heteroatoms. The number of halogens is 3. The van der Waals surface area contributed by atoms with Crippen LogP contribution in [0.2, 0.25) is 0 Å². The molecule has 1 aromatic heterocycles. The van der Waals surface area contributed by atoms with Crippen molar-refractivity contribution in [2.45, 2.75) is 6.92 Å². The highest BCUT2D eigenvalue weighted by Crippen LogP contribution is 2.25. The summed E-state index contributed by atoms with van der Waals surface area (Å²) in [5, 5.41) is -0.199. The number of Topliss-reactive ketones (excluding diaryl/α,β-unsaturated/α-hetero) is 1. The summed E-state index contributed by atoms with van der Waals surface area (Å²) in [6, 6.07) is 0.662. The third-order valence-corrected chi connectivity index (χ3v) is 3.16. The highest BCUT2D eigenvalue weighted by atomic mass is 79.9. The number of aromatic nitrogens is 1. The van der Waals surface area contributed by atoms with Crippen molar-refractivity contribution in [2.24, 2.45) is 0 Å². The summed E-state index contributed by atoms with van der Waals surface area (Å²) < 4.78 is 26.6. The molecule has 0 radical (unpaired) electrons. The molecule has 0 amide bonds. The van der Waals surface area contributed by atoms with Gasteiger partial charge in [0.05, 0.1) is 20.9 Å². The van der Waals surface area contributed by atoms with Crippen LogP contribution in [-0.4, -0.2) is 10.8 Å². The monoisotopic (exact) mass is 301 g/mol. The number of fused-ring (bicyclic) bond motifs is 1. The fourth-order valence-electron chi connectivity index (χ4n) is 1.56. The second-order valence-electron chi connectivity index (χ2n) is 3.49. The summed E-state index contributed by atoms with van der Waals surface area (Å²) in [4.78, 5) is 25.5. The van der Waals surface area contributed by atoms with Crippen LogP contribution in [0.4, 0.5) is 8.78 Å². The van der Waals surface area contributed by atoms with Crippen molar-refractivity contribution in [2.75, 3.05) is 0 Å². The molecule has 0 aliphatic rings. The van der Waals surface area contributed by atoms with Crippen molar-refractivity contribution in [1.82, 2.24) is 4.98 Å². The van der Waals surface area contributed by atoms with Crippen LogP contribution in [0.15, 0.2) is 21.5 Å². The quantitative estimate of drug-likeness (QED) is 0.650. The topological polar surface area (TPSA) is 49.9 Å². The summed E-state index contributed by atoms with van der Waals surface area (Å²) >= 11 is 2.88. The second kappa shape index (κ2) is 4.03. The second-order valence-corrected chi connectivity index (χ2v) is 4.28. The Morgan fingerprint density at radius 1 is 1.35 bits per heavy atom. The number of carbonyl (C=O) groups excluding carboxylic acids is 1. The van der Waals surface area contributed by atoms with Crippen LogP contribution in [0.5, 0.6) is 0 Å². The smallest absolute Gasteiger partial charge is 0.201 e. The van der Waals surface area contributed by atoms with Gasteiger partial charge in [-0.1, -0.05) is 0 Å². The molecule has 1 heterocycles. The van der Waals surface area contributed by atoms with Crippen LogP contribution in [0.25, 0.3) is 10.9 Å². The van der Waals surface area contributed by atoms with Crippen molar-refractivity contribution >= 4 is 32.6 Å². The molecule has 2 aromatic rings. The molecule has 17 heavy (non-hydrogen) atoms. The first-order valence-electron chi connectivity index (χ1n) is 4.63. The molecule has 2 rings (SSSR count). The van der Waals surface area contributed by atoms with Gasteiger partial charge in [0, 0.05) is 12.3 Å². The van der Waals surface area contributed by atoms with Crippen molar-refractivity contribution in [3.63, 3.8) is 0 Å². The van der Waals surface area contributed by atoms with E-state index in [-0.39, 0.29) is 20.9 Å². The Balaban J connectivity index is 3.04. The third-order valence-electron chi connectivity index (χ3n) is 2.38. The Labute approximate surface area is 103 Å². The van der Waals surface area contributed by atoms with Crippen LogP contribution in [-0.2, 0) is 0 Å². The molecule has 0 atom stereocenters. The van der Waals surface area contributed by atoms with Crippen LogP contribution in [0, 0.1) is 11.6 Å². The lowest BCUT2D eigenvalue weighted by atomic mass is 10.1. The molecule has 0 unspecified atom stereocenters. The fraction of sp³-hybridized carbons (Fsp3) is 0.0909. The Morgan fingerprint density at radius 3 is 2.59 bits per heavy atom. The van der Waals surface area contributed by atoms with Gasteiger partial charge in [-0.3, -0.25) is 9.59 Å². The van der Waals surface area contributed by atoms with Crippen molar-refractivity contribution in [3.05, 3.63) is 44.2 Å². The van der Waals surface area contributed by atoms with Gasteiger partial charge in [-0.15, -0.1) is 0 Å². The van der Waals surface area contributed by atoms with E-state index in [9.17, 15) is 18.4 Å². The molecule has 0 bridgehead atoms. The number of carbonyl (C=O) groups is 1. The molecular formula is C11H6BrF2NO2. The maximum atomic E-state index is 13.4. The van der Waals surface area contributed by atoms with E-state index in [0.29, 0.717) is 6.07 Å².